The quantitative estimate of drug-likeness (QED) is 0.839. The SMILES string of the molecule is Cc1cc(C)c(C)c(S(=O)(=O)NCCC(=O)NC2CC2)c1C. The molecule has 22 heavy (non-hydrogen) atoms. The molecule has 1 saturated carbocycles. The molecule has 2 rings (SSSR count). The molecule has 5 nitrogen and oxygen atoms in total. The predicted molar refractivity (Wildman–Crippen MR) is 86.4 cm³/mol. The number of amides is 1. The summed E-state index contributed by atoms with van der Waals surface area (Å²) in [5, 5.41) is 2.85. The minimum Gasteiger partial charge on any atom is -0.353 e. The molecule has 0 saturated heterocycles. The number of rotatable bonds is 6. The van der Waals surface area contributed by atoms with Crippen molar-refractivity contribution >= 4 is 15.9 Å². The van der Waals surface area contributed by atoms with Gasteiger partial charge < -0.3 is 5.32 Å². The van der Waals surface area contributed by atoms with Crippen LogP contribution in [0, 0.1) is 27.7 Å². The molecule has 0 heterocycles. The van der Waals surface area contributed by atoms with E-state index in [9.17, 15) is 13.2 Å². The molecule has 122 valence electrons. The Hall–Kier alpha value is -1.40. The lowest BCUT2D eigenvalue weighted by molar-refractivity contribution is -0.121. The normalized spacial score (nSPS) is 14.9. The van der Waals surface area contributed by atoms with Gasteiger partial charge in [-0.3, -0.25) is 4.79 Å². The van der Waals surface area contributed by atoms with Gasteiger partial charge in [-0.05, 0) is 62.8 Å². The lowest BCUT2D eigenvalue weighted by Gasteiger charge is -2.16. The fourth-order valence-corrected chi connectivity index (χ4v) is 4.13. The van der Waals surface area contributed by atoms with Gasteiger partial charge in [-0.15, -0.1) is 0 Å². The van der Waals surface area contributed by atoms with Crippen molar-refractivity contribution in [3.05, 3.63) is 28.3 Å². The van der Waals surface area contributed by atoms with E-state index in [1.165, 1.54) is 0 Å². The van der Waals surface area contributed by atoms with Crippen molar-refractivity contribution < 1.29 is 13.2 Å². The van der Waals surface area contributed by atoms with E-state index in [1.807, 2.05) is 33.8 Å². The van der Waals surface area contributed by atoms with Crippen LogP contribution >= 0.6 is 0 Å². The minimum atomic E-state index is -3.61. The van der Waals surface area contributed by atoms with Crippen LogP contribution in [0.3, 0.4) is 0 Å². The third-order valence-electron chi connectivity index (χ3n) is 4.15. The average molecular weight is 324 g/mol. The van der Waals surface area contributed by atoms with E-state index in [-0.39, 0.29) is 18.9 Å². The maximum Gasteiger partial charge on any atom is 0.241 e. The Morgan fingerprint density at radius 1 is 1.14 bits per heavy atom. The summed E-state index contributed by atoms with van der Waals surface area (Å²) in [6, 6.07) is 2.29. The van der Waals surface area contributed by atoms with E-state index < -0.39 is 10.0 Å². The molecular formula is C16H24N2O3S. The molecule has 0 spiro atoms. The molecule has 1 aliphatic rings. The first-order chi connectivity index (χ1) is 10.2. The van der Waals surface area contributed by atoms with Crippen LogP contribution in [0.2, 0.25) is 0 Å². The van der Waals surface area contributed by atoms with Crippen molar-refractivity contribution in [2.45, 2.75) is 57.9 Å². The monoisotopic (exact) mass is 324 g/mol. The molecule has 1 aromatic carbocycles. The van der Waals surface area contributed by atoms with Gasteiger partial charge in [0.25, 0.3) is 0 Å². The molecule has 0 bridgehead atoms. The van der Waals surface area contributed by atoms with Crippen LogP contribution in [0.1, 0.15) is 41.5 Å². The number of hydrogen-bond acceptors (Lipinski definition) is 3. The number of carbonyl (C=O) groups excluding carboxylic acids is 1. The maximum absolute atomic E-state index is 12.6. The van der Waals surface area contributed by atoms with Crippen LogP contribution in [0.25, 0.3) is 0 Å². The highest BCUT2D eigenvalue weighted by atomic mass is 32.2. The molecule has 0 aliphatic heterocycles. The van der Waals surface area contributed by atoms with Gasteiger partial charge in [0.1, 0.15) is 0 Å². The van der Waals surface area contributed by atoms with Gasteiger partial charge in [-0.2, -0.15) is 0 Å². The van der Waals surface area contributed by atoms with Crippen molar-refractivity contribution in [3.8, 4) is 0 Å². The van der Waals surface area contributed by atoms with Crippen LogP contribution in [0.5, 0.6) is 0 Å². The summed E-state index contributed by atoms with van der Waals surface area (Å²) >= 11 is 0. The summed E-state index contributed by atoms with van der Waals surface area (Å²) < 4.78 is 27.7. The van der Waals surface area contributed by atoms with Gasteiger partial charge >= 0.3 is 0 Å². The zero-order valence-corrected chi connectivity index (χ0v) is 14.4. The number of hydrogen-bond donors (Lipinski definition) is 2. The fourth-order valence-electron chi connectivity index (χ4n) is 2.48. The molecule has 6 heteroatoms. The summed E-state index contributed by atoms with van der Waals surface area (Å²) in [5.74, 6) is -0.0981. The van der Waals surface area contributed by atoms with Crippen molar-refractivity contribution in [2.24, 2.45) is 0 Å². The number of nitrogens with one attached hydrogen (secondary N) is 2. The van der Waals surface area contributed by atoms with Gasteiger partial charge in [0.2, 0.25) is 15.9 Å². The molecule has 0 radical (unpaired) electrons. The Kier molecular flexibility index (Phi) is 4.92. The Labute approximate surface area is 132 Å². The van der Waals surface area contributed by atoms with E-state index in [1.54, 1.807) is 0 Å². The maximum atomic E-state index is 12.6. The van der Waals surface area contributed by atoms with Crippen molar-refractivity contribution in [3.63, 3.8) is 0 Å². The molecule has 0 aromatic heterocycles. The summed E-state index contributed by atoms with van der Waals surface area (Å²) in [6.07, 6.45) is 2.22. The van der Waals surface area contributed by atoms with E-state index in [4.69, 9.17) is 0 Å². The first-order valence-corrected chi connectivity index (χ1v) is 9.07. The second-order valence-corrected chi connectivity index (χ2v) is 7.78. The Balaban J connectivity index is 2.08. The smallest absolute Gasteiger partial charge is 0.241 e. The molecule has 1 aromatic rings. The number of aryl methyl sites for hydroxylation is 2. The topological polar surface area (TPSA) is 75.3 Å². The van der Waals surface area contributed by atoms with Gasteiger partial charge in [-0.25, -0.2) is 13.1 Å². The lowest BCUT2D eigenvalue weighted by Crippen LogP contribution is -2.32. The summed E-state index contributed by atoms with van der Waals surface area (Å²) in [5.41, 5.74) is 3.43. The van der Waals surface area contributed by atoms with Gasteiger partial charge in [0.05, 0.1) is 4.90 Å². The third-order valence-corrected chi connectivity index (χ3v) is 5.89. The second kappa shape index (κ2) is 6.38. The number of sulfonamides is 1. The molecule has 0 unspecified atom stereocenters. The highest BCUT2D eigenvalue weighted by molar-refractivity contribution is 7.89. The zero-order valence-electron chi connectivity index (χ0n) is 13.6. The Morgan fingerprint density at radius 3 is 2.18 bits per heavy atom. The van der Waals surface area contributed by atoms with Crippen LogP contribution in [-0.4, -0.2) is 26.9 Å². The molecule has 1 aliphatic carbocycles. The van der Waals surface area contributed by atoms with Crippen LogP contribution in [0.4, 0.5) is 0 Å². The molecule has 1 fully saturated rings. The predicted octanol–water partition coefficient (Wildman–Crippen LogP) is 1.87. The Morgan fingerprint density at radius 2 is 1.68 bits per heavy atom. The van der Waals surface area contributed by atoms with Gasteiger partial charge in [-0.1, -0.05) is 6.07 Å². The fraction of sp³-hybridized carbons (Fsp3) is 0.562. The average Bonchev–Trinajstić information content (AvgIpc) is 3.20. The molecule has 1 amide bonds. The lowest BCUT2D eigenvalue weighted by atomic mass is 10.0. The second-order valence-electron chi connectivity index (χ2n) is 6.08. The summed E-state index contributed by atoms with van der Waals surface area (Å²) in [7, 11) is -3.61. The van der Waals surface area contributed by atoms with E-state index in [2.05, 4.69) is 10.0 Å². The van der Waals surface area contributed by atoms with E-state index >= 15 is 0 Å². The molecular weight excluding hydrogens is 300 g/mol. The summed E-state index contributed by atoms with van der Waals surface area (Å²) in [6.45, 7) is 7.56. The van der Waals surface area contributed by atoms with Crippen LogP contribution in [0.15, 0.2) is 11.0 Å². The van der Waals surface area contributed by atoms with Crippen LogP contribution in [-0.2, 0) is 14.8 Å². The highest BCUT2D eigenvalue weighted by Gasteiger charge is 2.24. The first-order valence-electron chi connectivity index (χ1n) is 7.59. The van der Waals surface area contributed by atoms with Crippen molar-refractivity contribution in [1.82, 2.24) is 10.0 Å². The van der Waals surface area contributed by atoms with Gasteiger partial charge in [0, 0.05) is 19.0 Å². The highest BCUT2D eigenvalue weighted by Crippen LogP contribution is 2.25. The van der Waals surface area contributed by atoms with Gasteiger partial charge in [0.15, 0.2) is 0 Å². The molecule has 0 atom stereocenters. The third kappa shape index (κ3) is 3.87. The minimum absolute atomic E-state index is 0.0981. The largest absolute Gasteiger partial charge is 0.353 e. The van der Waals surface area contributed by atoms with Crippen LogP contribution < -0.4 is 10.0 Å². The number of benzene rings is 1. The summed E-state index contributed by atoms with van der Waals surface area (Å²) in [4.78, 5) is 12.0. The van der Waals surface area contributed by atoms with Crippen molar-refractivity contribution in [1.29, 1.82) is 0 Å². The molecule has 2 N–H and O–H groups in total. The van der Waals surface area contributed by atoms with E-state index in [0.29, 0.717) is 10.9 Å². The van der Waals surface area contributed by atoms with E-state index in [0.717, 1.165) is 35.1 Å². The van der Waals surface area contributed by atoms with Crippen molar-refractivity contribution in [2.75, 3.05) is 6.54 Å². The standard InChI is InChI=1S/C16H24N2O3S/c1-10-9-11(2)13(4)16(12(10)3)22(20,21)17-8-7-15(19)18-14-5-6-14/h9,14,17H,5-8H2,1-4H3,(H,18,19). The Bertz CT molecular complexity index is 666. The number of carbonyl (C=O) groups is 1. The first kappa shape index (κ1) is 17.0. The zero-order chi connectivity index (χ0) is 16.5.